The second kappa shape index (κ2) is 7.13. The molecular formula is C20H16N4O2S. The summed E-state index contributed by atoms with van der Waals surface area (Å²) < 4.78 is 0. The van der Waals surface area contributed by atoms with Gasteiger partial charge in [0, 0.05) is 22.3 Å². The number of carbonyl (C=O) groups is 1. The summed E-state index contributed by atoms with van der Waals surface area (Å²) in [6.07, 6.45) is 3.59. The lowest BCUT2D eigenvalue weighted by atomic mass is 10.1. The zero-order valence-corrected chi connectivity index (χ0v) is 15.3. The first kappa shape index (κ1) is 17.1. The molecule has 1 amide bonds. The number of pyridine rings is 1. The minimum absolute atomic E-state index is 0.260. The van der Waals surface area contributed by atoms with E-state index in [9.17, 15) is 9.59 Å². The zero-order valence-electron chi connectivity index (χ0n) is 14.4. The van der Waals surface area contributed by atoms with Crippen molar-refractivity contribution in [3.63, 3.8) is 0 Å². The Labute approximate surface area is 159 Å². The molecule has 2 aromatic heterocycles. The first-order chi connectivity index (χ1) is 13.1. The van der Waals surface area contributed by atoms with Crippen LogP contribution in [0.15, 0.2) is 70.5 Å². The summed E-state index contributed by atoms with van der Waals surface area (Å²) in [6, 6.07) is 16.8. The van der Waals surface area contributed by atoms with Gasteiger partial charge in [-0.05, 0) is 42.7 Å². The van der Waals surface area contributed by atoms with E-state index < -0.39 is 0 Å². The monoisotopic (exact) mass is 376 g/mol. The Morgan fingerprint density at radius 1 is 1.04 bits per heavy atom. The number of hydrogen-bond acceptors (Lipinski definition) is 4. The Morgan fingerprint density at radius 3 is 2.63 bits per heavy atom. The van der Waals surface area contributed by atoms with Crippen LogP contribution in [0.4, 0.5) is 5.69 Å². The summed E-state index contributed by atoms with van der Waals surface area (Å²) in [5, 5.41) is 2.82. The number of nitrogens with zero attached hydrogens (tertiary/aromatic N) is 1. The SMILES string of the molecule is CSc1ccccc1-c1ccc(C(=O)Nc2ccc3[nH]c(=O)[nH]c3c2)cn1. The number of carbonyl (C=O) groups excluding carboxylic acids is 1. The summed E-state index contributed by atoms with van der Waals surface area (Å²) in [4.78, 5) is 34.7. The van der Waals surface area contributed by atoms with Gasteiger partial charge in [0.15, 0.2) is 0 Å². The first-order valence-electron chi connectivity index (χ1n) is 8.27. The Kier molecular flexibility index (Phi) is 4.52. The second-order valence-corrected chi connectivity index (χ2v) is 6.77. The van der Waals surface area contributed by atoms with E-state index >= 15 is 0 Å². The molecule has 27 heavy (non-hydrogen) atoms. The number of thioether (sulfide) groups is 1. The number of rotatable bonds is 4. The third kappa shape index (κ3) is 3.50. The molecule has 0 aliphatic carbocycles. The highest BCUT2D eigenvalue weighted by atomic mass is 32.2. The molecular weight excluding hydrogens is 360 g/mol. The molecule has 3 N–H and O–H groups in total. The van der Waals surface area contributed by atoms with E-state index in [0.717, 1.165) is 16.2 Å². The van der Waals surface area contributed by atoms with Crippen LogP contribution in [0, 0.1) is 0 Å². The van der Waals surface area contributed by atoms with Crippen molar-refractivity contribution in [1.82, 2.24) is 15.0 Å². The molecule has 134 valence electrons. The second-order valence-electron chi connectivity index (χ2n) is 5.93. The van der Waals surface area contributed by atoms with Gasteiger partial charge < -0.3 is 15.3 Å². The van der Waals surface area contributed by atoms with E-state index in [1.165, 1.54) is 0 Å². The number of H-pyrrole nitrogens is 2. The van der Waals surface area contributed by atoms with Crippen LogP contribution >= 0.6 is 11.8 Å². The Morgan fingerprint density at radius 2 is 1.85 bits per heavy atom. The molecule has 0 radical (unpaired) electrons. The largest absolute Gasteiger partial charge is 0.323 e. The van der Waals surface area contributed by atoms with Gasteiger partial charge in [0.1, 0.15) is 0 Å². The quantitative estimate of drug-likeness (QED) is 0.471. The molecule has 4 rings (SSSR count). The highest BCUT2D eigenvalue weighted by molar-refractivity contribution is 7.98. The van der Waals surface area contributed by atoms with Crippen molar-refractivity contribution in [2.24, 2.45) is 0 Å². The minimum atomic E-state index is -0.279. The van der Waals surface area contributed by atoms with E-state index in [1.807, 2.05) is 36.6 Å². The van der Waals surface area contributed by atoms with Gasteiger partial charge in [-0.3, -0.25) is 9.78 Å². The van der Waals surface area contributed by atoms with Crippen LogP contribution in [0.25, 0.3) is 22.3 Å². The molecule has 0 bridgehead atoms. The lowest BCUT2D eigenvalue weighted by Crippen LogP contribution is -2.12. The molecule has 0 aliphatic rings. The van der Waals surface area contributed by atoms with Gasteiger partial charge in [0.25, 0.3) is 5.91 Å². The van der Waals surface area contributed by atoms with Gasteiger partial charge in [0.05, 0.1) is 22.3 Å². The summed E-state index contributed by atoms with van der Waals surface area (Å²) in [5.41, 5.74) is 3.97. The molecule has 0 atom stereocenters. The average Bonchev–Trinajstić information content (AvgIpc) is 3.07. The molecule has 0 saturated heterocycles. The number of fused-ring (bicyclic) bond motifs is 1. The topological polar surface area (TPSA) is 90.6 Å². The van der Waals surface area contributed by atoms with Crippen LogP contribution < -0.4 is 11.0 Å². The van der Waals surface area contributed by atoms with Crippen LogP contribution in [-0.4, -0.2) is 27.1 Å². The van der Waals surface area contributed by atoms with Crippen LogP contribution in [0.2, 0.25) is 0 Å². The average molecular weight is 376 g/mol. The van der Waals surface area contributed by atoms with Gasteiger partial charge in [0.2, 0.25) is 0 Å². The smallest absolute Gasteiger partial charge is 0.322 e. The van der Waals surface area contributed by atoms with E-state index in [-0.39, 0.29) is 11.6 Å². The van der Waals surface area contributed by atoms with Crippen LogP contribution in [0.3, 0.4) is 0 Å². The molecule has 4 aromatic rings. The number of hydrogen-bond donors (Lipinski definition) is 3. The molecule has 7 heteroatoms. The maximum absolute atomic E-state index is 12.5. The summed E-state index contributed by atoms with van der Waals surface area (Å²) in [6.45, 7) is 0. The molecule has 2 aromatic carbocycles. The van der Waals surface area contributed by atoms with Gasteiger partial charge in [-0.15, -0.1) is 11.8 Å². The van der Waals surface area contributed by atoms with Crippen molar-refractivity contribution in [3.8, 4) is 11.3 Å². The third-order valence-electron chi connectivity index (χ3n) is 4.18. The third-order valence-corrected chi connectivity index (χ3v) is 4.98. The fourth-order valence-corrected chi connectivity index (χ4v) is 3.46. The van der Waals surface area contributed by atoms with Crippen LogP contribution in [0.1, 0.15) is 10.4 Å². The van der Waals surface area contributed by atoms with Crippen molar-refractivity contribution in [2.75, 3.05) is 11.6 Å². The predicted octanol–water partition coefficient (Wildman–Crippen LogP) is 3.89. The van der Waals surface area contributed by atoms with Crippen molar-refractivity contribution in [3.05, 3.63) is 76.8 Å². The number of anilines is 1. The van der Waals surface area contributed by atoms with Crippen molar-refractivity contribution < 1.29 is 4.79 Å². The first-order valence-corrected chi connectivity index (χ1v) is 9.49. The molecule has 2 heterocycles. The fraction of sp³-hybridized carbons (Fsp3) is 0.0500. The molecule has 0 unspecified atom stereocenters. The van der Waals surface area contributed by atoms with Crippen LogP contribution in [-0.2, 0) is 0 Å². The standard InChI is InChI=1S/C20H16N4O2S/c1-27-18-5-3-2-4-14(18)15-8-6-12(11-21-15)19(25)22-13-7-9-16-17(10-13)24-20(26)23-16/h2-11H,1H3,(H,22,25)(H2,23,24,26). The summed E-state index contributed by atoms with van der Waals surface area (Å²) in [5.74, 6) is -0.260. The lowest BCUT2D eigenvalue weighted by Gasteiger charge is -2.08. The van der Waals surface area contributed by atoms with Gasteiger partial charge in [-0.1, -0.05) is 18.2 Å². The van der Waals surface area contributed by atoms with Crippen LogP contribution in [0.5, 0.6) is 0 Å². The van der Waals surface area contributed by atoms with E-state index in [2.05, 4.69) is 20.3 Å². The lowest BCUT2D eigenvalue weighted by molar-refractivity contribution is 0.102. The van der Waals surface area contributed by atoms with E-state index in [4.69, 9.17) is 0 Å². The Hall–Kier alpha value is -3.32. The number of aromatic amines is 2. The highest BCUT2D eigenvalue weighted by Crippen LogP contribution is 2.28. The molecule has 0 spiro atoms. The van der Waals surface area contributed by atoms with E-state index in [1.54, 1.807) is 42.2 Å². The number of imidazole rings is 1. The number of benzene rings is 2. The Balaban J connectivity index is 1.55. The zero-order chi connectivity index (χ0) is 18.8. The normalized spacial score (nSPS) is 10.9. The maximum Gasteiger partial charge on any atom is 0.323 e. The van der Waals surface area contributed by atoms with Gasteiger partial charge in [-0.2, -0.15) is 0 Å². The molecule has 6 nitrogen and oxygen atoms in total. The van der Waals surface area contributed by atoms with Crippen molar-refractivity contribution >= 4 is 34.4 Å². The molecule has 0 fully saturated rings. The van der Waals surface area contributed by atoms with Gasteiger partial charge in [-0.25, -0.2) is 4.79 Å². The summed E-state index contributed by atoms with van der Waals surface area (Å²) in [7, 11) is 0. The van der Waals surface area contributed by atoms with Gasteiger partial charge >= 0.3 is 5.69 Å². The summed E-state index contributed by atoms with van der Waals surface area (Å²) >= 11 is 1.66. The number of amides is 1. The number of aromatic nitrogens is 3. The fourth-order valence-electron chi connectivity index (χ4n) is 2.86. The predicted molar refractivity (Wildman–Crippen MR) is 108 cm³/mol. The molecule has 0 saturated carbocycles. The van der Waals surface area contributed by atoms with E-state index in [0.29, 0.717) is 22.3 Å². The number of nitrogens with one attached hydrogen (secondary N) is 3. The van der Waals surface area contributed by atoms with Crippen molar-refractivity contribution in [2.45, 2.75) is 4.90 Å². The minimum Gasteiger partial charge on any atom is -0.322 e. The molecule has 0 aliphatic heterocycles. The highest BCUT2D eigenvalue weighted by Gasteiger charge is 2.10. The maximum atomic E-state index is 12.5. The Bertz CT molecular complexity index is 1180. The van der Waals surface area contributed by atoms with Crippen molar-refractivity contribution in [1.29, 1.82) is 0 Å².